The Labute approximate surface area is 141 Å². The normalized spacial score (nSPS) is 32.0. The highest BCUT2D eigenvalue weighted by molar-refractivity contribution is 5.84. The second-order valence-corrected chi connectivity index (χ2v) is 6.85. The van der Waals surface area contributed by atoms with E-state index in [1.807, 2.05) is 19.1 Å². The molecule has 24 heavy (non-hydrogen) atoms. The van der Waals surface area contributed by atoms with E-state index in [4.69, 9.17) is 9.47 Å². The Morgan fingerprint density at radius 2 is 1.88 bits per heavy atom. The van der Waals surface area contributed by atoms with Gasteiger partial charge in [-0.1, -0.05) is 25.0 Å². The standard InChI is InChI=1S/C18H23NO5/c1-11-15(24-14-9-4-3-8-13(14)23-11)16(20)19-18(2)10-6-5-7-12(18)17(21)22/h3-4,8-9,11-12,15H,5-7,10H2,1-2H3,(H,19,20)(H,21,22). The van der Waals surface area contributed by atoms with Crippen LogP contribution in [0.25, 0.3) is 0 Å². The summed E-state index contributed by atoms with van der Waals surface area (Å²) in [5.74, 6) is -0.632. The fourth-order valence-electron chi connectivity index (χ4n) is 3.64. The molecule has 2 N–H and O–H groups in total. The van der Waals surface area contributed by atoms with Crippen LogP contribution in [-0.2, 0) is 9.59 Å². The van der Waals surface area contributed by atoms with Crippen LogP contribution in [0.5, 0.6) is 11.5 Å². The molecule has 4 atom stereocenters. The summed E-state index contributed by atoms with van der Waals surface area (Å²) in [7, 11) is 0. The first-order chi connectivity index (χ1) is 11.4. The van der Waals surface area contributed by atoms with E-state index in [2.05, 4.69) is 5.32 Å². The predicted molar refractivity (Wildman–Crippen MR) is 87.1 cm³/mol. The van der Waals surface area contributed by atoms with Crippen LogP contribution in [0, 0.1) is 5.92 Å². The Hall–Kier alpha value is -2.24. The number of carbonyl (C=O) groups excluding carboxylic acids is 1. The summed E-state index contributed by atoms with van der Waals surface area (Å²) in [5, 5.41) is 12.4. The molecule has 0 saturated heterocycles. The zero-order valence-corrected chi connectivity index (χ0v) is 14.0. The average molecular weight is 333 g/mol. The minimum absolute atomic E-state index is 0.326. The van der Waals surface area contributed by atoms with Gasteiger partial charge in [0.2, 0.25) is 6.10 Å². The van der Waals surface area contributed by atoms with Crippen molar-refractivity contribution in [3.05, 3.63) is 24.3 Å². The Balaban J connectivity index is 1.76. The molecule has 1 fully saturated rings. The molecule has 1 saturated carbocycles. The first-order valence-electron chi connectivity index (χ1n) is 8.38. The number of rotatable bonds is 3. The first kappa shape index (κ1) is 16.6. The number of hydrogen-bond acceptors (Lipinski definition) is 4. The number of carbonyl (C=O) groups is 2. The molecule has 4 unspecified atom stereocenters. The molecule has 0 bridgehead atoms. The van der Waals surface area contributed by atoms with E-state index in [0.717, 1.165) is 12.8 Å². The summed E-state index contributed by atoms with van der Waals surface area (Å²) in [6, 6.07) is 7.21. The number of benzene rings is 1. The second-order valence-electron chi connectivity index (χ2n) is 6.85. The average Bonchev–Trinajstić information content (AvgIpc) is 2.53. The highest BCUT2D eigenvalue weighted by Gasteiger charge is 2.45. The van der Waals surface area contributed by atoms with Gasteiger partial charge in [0.15, 0.2) is 11.5 Å². The molecule has 1 aromatic rings. The van der Waals surface area contributed by atoms with Gasteiger partial charge in [-0.05, 0) is 38.8 Å². The fourth-order valence-corrected chi connectivity index (χ4v) is 3.64. The molecule has 2 aliphatic rings. The summed E-state index contributed by atoms with van der Waals surface area (Å²) in [6.07, 6.45) is 1.75. The monoisotopic (exact) mass is 333 g/mol. The van der Waals surface area contributed by atoms with Crippen molar-refractivity contribution in [1.29, 1.82) is 0 Å². The van der Waals surface area contributed by atoms with Crippen LogP contribution in [0.3, 0.4) is 0 Å². The number of hydrogen-bond donors (Lipinski definition) is 2. The number of para-hydroxylation sites is 2. The van der Waals surface area contributed by atoms with Gasteiger partial charge in [-0.3, -0.25) is 9.59 Å². The van der Waals surface area contributed by atoms with Crippen LogP contribution < -0.4 is 14.8 Å². The van der Waals surface area contributed by atoms with Crippen LogP contribution in [0.4, 0.5) is 0 Å². The number of fused-ring (bicyclic) bond motifs is 1. The first-order valence-corrected chi connectivity index (χ1v) is 8.38. The molecule has 130 valence electrons. The highest BCUT2D eigenvalue weighted by Crippen LogP contribution is 2.36. The summed E-state index contributed by atoms with van der Waals surface area (Å²) >= 11 is 0. The van der Waals surface area contributed by atoms with Gasteiger partial charge in [-0.2, -0.15) is 0 Å². The smallest absolute Gasteiger partial charge is 0.308 e. The molecule has 0 aromatic heterocycles. The third-order valence-electron chi connectivity index (χ3n) is 5.02. The largest absolute Gasteiger partial charge is 0.482 e. The molecule has 0 spiro atoms. The Kier molecular flexibility index (Phi) is 4.39. The maximum Gasteiger partial charge on any atom is 0.308 e. The lowest BCUT2D eigenvalue weighted by Gasteiger charge is -2.41. The number of carboxylic acids is 1. The van der Waals surface area contributed by atoms with Crippen LogP contribution in [0.2, 0.25) is 0 Å². The molecule has 0 radical (unpaired) electrons. The SMILES string of the molecule is CC1Oc2ccccc2OC1C(=O)NC1(C)CCCCC1C(=O)O. The van der Waals surface area contributed by atoms with Crippen molar-refractivity contribution in [1.82, 2.24) is 5.32 Å². The number of aliphatic carboxylic acids is 1. The molecule has 1 aromatic carbocycles. The maximum absolute atomic E-state index is 12.8. The maximum atomic E-state index is 12.8. The fraction of sp³-hybridized carbons (Fsp3) is 0.556. The van der Waals surface area contributed by atoms with E-state index in [0.29, 0.717) is 24.3 Å². The summed E-state index contributed by atoms with van der Waals surface area (Å²) in [6.45, 7) is 3.59. The van der Waals surface area contributed by atoms with Crippen molar-refractivity contribution in [2.24, 2.45) is 5.92 Å². The van der Waals surface area contributed by atoms with Crippen molar-refractivity contribution < 1.29 is 24.2 Å². The third-order valence-corrected chi connectivity index (χ3v) is 5.02. The zero-order chi connectivity index (χ0) is 17.3. The second kappa shape index (κ2) is 6.34. The summed E-state index contributed by atoms with van der Waals surface area (Å²) in [4.78, 5) is 24.3. The summed E-state index contributed by atoms with van der Waals surface area (Å²) in [5.41, 5.74) is -0.763. The quantitative estimate of drug-likeness (QED) is 0.887. The highest BCUT2D eigenvalue weighted by atomic mass is 16.6. The van der Waals surface area contributed by atoms with Gasteiger partial charge in [-0.15, -0.1) is 0 Å². The molecule has 1 aliphatic heterocycles. The molecule has 1 aliphatic carbocycles. The van der Waals surface area contributed by atoms with E-state index < -0.39 is 29.6 Å². The van der Waals surface area contributed by atoms with Crippen molar-refractivity contribution in [2.45, 2.75) is 57.3 Å². The molecular weight excluding hydrogens is 310 g/mol. The number of carboxylic acid groups (broad SMARTS) is 1. The van der Waals surface area contributed by atoms with E-state index in [1.165, 1.54) is 0 Å². The lowest BCUT2D eigenvalue weighted by atomic mass is 9.73. The lowest BCUT2D eigenvalue weighted by molar-refractivity contribution is -0.148. The lowest BCUT2D eigenvalue weighted by Crippen LogP contribution is -2.60. The molecule has 3 rings (SSSR count). The van der Waals surface area contributed by atoms with E-state index in [1.54, 1.807) is 19.1 Å². The number of ether oxygens (including phenoxy) is 2. The van der Waals surface area contributed by atoms with Gasteiger partial charge in [0.1, 0.15) is 6.10 Å². The van der Waals surface area contributed by atoms with Crippen LogP contribution in [0.1, 0.15) is 39.5 Å². The predicted octanol–water partition coefficient (Wildman–Crippen LogP) is 2.36. The van der Waals surface area contributed by atoms with Gasteiger partial charge >= 0.3 is 5.97 Å². The van der Waals surface area contributed by atoms with Gasteiger partial charge in [0.25, 0.3) is 5.91 Å². The van der Waals surface area contributed by atoms with Crippen LogP contribution >= 0.6 is 0 Å². The van der Waals surface area contributed by atoms with Crippen LogP contribution in [0.15, 0.2) is 24.3 Å². The van der Waals surface area contributed by atoms with Gasteiger partial charge < -0.3 is 19.9 Å². The summed E-state index contributed by atoms with van der Waals surface area (Å²) < 4.78 is 11.6. The van der Waals surface area contributed by atoms with Crippen molar-refractivity contribution in [2.75, 3.05) is 0 Å². The van der Waals surface area contributed by atoms with Crippen molar-refractivity contribution in [3.8, 4) is 11.5 Å². The molecule has 1 amide bonds. The Bertz CT molecular complexity index is 646. The Morgan fingerprint density at radius 1 is 1.21 bits per heavy atom. The van der Waals surface area contributed by atoms with Gasteiger partial charge in [0.05, 0.1) is 11.5 Å². The van der Waals surface area contributed by atoms with Gasteiger partial charge in [-0.25, -0.2) is 0 Å². The van der Waals surface area contributed by atoms with Crippen molar-refractivity contribution >= 4 is 11.9 Å². The van der Waals surface area contributed by atoms with E-state index in [-0.39, 0.29) is 5.91 Å². The minimum Gasteiger partial charge on any atom is -0.482 e. The minimum atomic E-state index is -0.864. The number of amides is 1. The topological polar surface area (TPSA) is 84.9 Å². The van der Waals surface area contributed by atoms with Gasteiger partial charge in [0, 0.05) is 0 Å². The molecule has 1 heterocycles. The Morgan fingerprint density at radius 3 is 2.54 bits per heavy atom. The zero-order valence-electron chi connectivity index (χ0n) is 14.0. The number of nitrogens with one attached hydrogen (secondary N) is 1. The van der Waals surface area contributed by atoms with Crippen LogP contribution in [-0.4, -0.2) is 34.7 Å². The van der Waals surface area contributed by atoms with Crippen molar-refractivity contribution in [3.63, 3.8) is 0 Å². The molecule has 6 heteroatoms. The third kappa shape index (κ3) is 3.05. The molecular formula is C18H23NO5. The van der Waals surface area contributed by atoms with E-state index in [9.17, 15) is 14.7 Å². The molecule has 6 nitrogen and oxygen atoms in total. The van der Waals surface area contributed by atoms with E-state index >= 15 is 0 Å².